The number of alkyl halides is 3. The number of fused-ring (bicyclic) bond motifs is 1. The van der Waals surface area contributed by atoms with Crippen molar-refractivity contribution in [2.24, 2.45) is 0 Å². The first-order valence-electron chi connectivity index (χ1n) is 9.21. The number of ether oxygens (including phenoxy) is 1. The first-order valence-corrected chi connectivity index (χ1v) is 9.21. The Morgan fingerprint density at radius 1 is 1.24 bits per heavy atom. The van der Waals surface area contributed by atoms with Crippen LogP contribution in [-0.2, 0) is 17.3 Å². The highest BCUT2D eigenvalue weighted by Crippen LogP contribution is 2.39. The number of rotatable bonds is 4. The second-order valence-electron chi connectivity index (χ2n) is 7.16. The number of benzene rings is 1. The molecule has 0 saturated heterocycles. The zero-order chi connectivity index (χ0) is 21.3. The summed E-state index contributed by atoms with van der Waals surface area (Å²) in [5.74, 6) is -1.24. The summed E-state index contributed by atoms with van der Waals surface area (Å²) in [5.41, 5.74) is 0.380. The fraction of sp³-hybridized carbons (Fsp3) is 0.381. The maximum absolute atomic E-state index is 13.4. The number of hydrogen-bond donors (Lipinski definition) is 0. The molecule has 0 saturated carbocycles. The third-order valence-corrected chi connectivity index (χ3v) is 5.05. The van der Waals surface area contributed by atoms with Gasteiger partial charge in [0.25, 0.3) is 5.91 Å². The van der Waals surface area contributed by atoms with Crippen molar-refractivity contribution < 1.29 is 27.5 Å². The first kappa shape index (κ1) is 20.8. The van der Waals surface area contributed by atoms with Crippen molar-refractivity contribution in [2.45, 2.75) is 44.9 Å². The van der Waals surface area contributed by atoms with Gasteiger partial charge in [0, 0.05) is 12.2 Å². The van der Waals surface area contributed by atoms with Gasteiger partial charge in [-0.15, -0.1) is 0 Å². The van der Waals surface area contributed by atoms with Crippen LogP contribution in [0, 0.1) is 0 Å². The summed E-state index contributed by atoms with van der Waals surface area (Å²) in [6.07, 6.45) is -2.49. The lowest BCUT2D eigenvalue weighted by molar-refractivity contribution is -0.141. The van der Waals surface area contributed by atoms with Gasteiger partial charge in [0.2, 0.25) is 0 Å². The third-order valence-electron chi connectivity index (χ3n) is 5.05. The molecule has 0 radical (unpaired) electrons. The van der Waals surface area contributed by atoms with Crippen LogP contribution in [0.3, 0.4) is 0 Å². The van der Waals surface area contributed by atoms with E-state index in [1.807, 2.05) is 0 Å². The van der Waals surface area contributed by atoms with Crippen molar-refractivity contribution in [3.63, 3.8) is 0 Å². The monoisotopic (exact) mass is 406 g/mol. The predicted octanol–water partition coefficient (Wildman–Crippen LogP) is 4.43. The standard InChI is InChI=1S/C21H21F3N2O3/c1-12(2)26(19(27)15-5-4-10-25-18(15)21(22,23)24)17-9-8-13-6-7-14(11-16(13)17)20(28)29-3/h4-7,10-12,17H,8-9H2,1-3H3. The van der Waals surface area contributed by atoms with Crippen LogP contribution in [0.25, 0.3) is 0 Å². The molecule has 1 amide bonds. The van der Waals surface area contributed by atoms with Crippen molar-refractivity contribution in [1.29, 1.82) is 0 Å². The first-order chi connectivity index (χ1) is 13.6. The zero-order valence-electron chi connectivity index (χ0n) is 16.3. The largest absolute Gasteiger partial charge is 0.465 e. The van der Waals surface area contributed by atoms with E-state index in [0.29, 0.717) is 18.4 Å². The Balaban J connectivity index is 2.04. The molecule has 5 nitrogen and oxygen atoms in total. The summed E-state index contributed by atoms with van der Waals surface area (Å²) in [7, 11) is 1.28. The van der Waals surface area contributed by atoms with Gasteiger partial charge in [-0.3, -0.25) is 9.78 Å². The number of aryl methyl sites for hydroxylation is 1. The van der Waals surface area contributed by atoms with Gasteiger partial charge in [0.15, 0.2) is 5.69 Å². The van der Waals surface area contributed by atoms with E-state index in [-0.39, 0.29) is 6.04 Å². The number of amides is 1. The number of aromatic nitrogens is 1. The summed E-state index contributed by atoms with van der Waals surface area (Å²) >= 11 is 0. The van der Waals surface area contributed by atoms with Gasteiger partial charge in [0.05, 0.1) is 24.3 Å². The Hall–Kier alpha value is -2.90. The van der Waals surface area contributed by atoms with Gasteiger partial charge in [-0.2, -0.15) is 13.2 Å². The maximum atomic E-state index is 13.4. The Morgan fingerprint density at radius 3 is 2.59 bits per heavy atom. The van der Waals surface area contributed by atoms with Crippen LogP contribution < -0.4 is 0 Å². The van der Waals surface area contributed by atoms with Crippen LogP contribution in [0.15, 0.2) is 36.5 Å². The molecule has 0 spiro atoms. The lowest BCUT2D eigenvalue weighted by Gasteiger charge is -2.34. The minimum absolute atomic E-state index is 0.340. The van der Waals surface area contributed by atoms with Crippen LogP contribution in [0.5, 0.6) is 0 Å². The van der Waals surface area contributed by atoms with Crippen LogP contribution in [0.4, 0.5) is 13.2 Å². The SMILES string of the molecule is COC(=O)c1ccc2c(c1)C(N(C(=O)c1cccnc1C(F)(F)F)C(C)C)CC2. The smallest absolute Gasteiger partial charge is 0.434 e. The molecule has 2 aromatic rings. The van der Waals surface area contributed by atoms with Crippen molar-refractivity contribution in [2.75, 3.05) is 7.11 Å². The normalized spacial score (nSPS) is 15.9. The van der Waals surface area contributed by atoms with Crippen molar-refractivity contribution in [3.05, 3.63) is 64.5 Å². The molecule has 1 aromatic carbocycles. The molecule has 0 aliphatic heterocycles. The van der Waals surface area contributed by atoms with Crippen LogP contribution >= 0.6 is 0 Å². The molecule has 1 aromatic heterocycles. The van der Waals surface area contributed by atoms with E-state index >= 15 is 0 Å². The van der Waals surface area contributed by atoms with Crippen molar-refractivity contribution in [3.8, 4) is 0 Å². The molecule has 0 fully saturated rings. The van der Waals surface area contributed by atoms with E-state index in [0.717, 1.165) is 23.4 Å². The fourth-order valence-corrected chi connectivity index (χ4v) is 3.79. The van der Waals surface area contributed by atoms with Crippen molar-refractivity contribution in [1.82, 2.24) is 9.88 Å². The molecule has 3 rings (SSSR count). The van der Waals surface area contributed by atoms with Gasteiger partial charge < -0.3 is 9.64 Å². The highest BCUT2D eigenvalue weighted by molar-refractivity contribution is 5.96. The third kappa shape index (κ3) is 3.97. The Bertz CT molecular complexity index is 941. The highest BCUT2D eigenvalue weighted by atomic mass is 19.4. The Morgan fingerprint density at radius 2 is 1.97 bits per heavy atom. The fourth-order valence-electron chi connectivity index (χ4n) is 3.79. The summed E-state index contributed by atoms with van der Waals surface area (Å²) < 4.78 is 44.9. The summed E-state index contributed by atoms with van der Waals surface area (Å²) in [6, 6.07) is 6.78. The van der Waals surface area contributed by atoms with Gasteiger partial charge >= 0.3 is 12.1 Å². The van der Waals surface area contributed by atoms with E-state index in [1.54, 1.807) is 32.0 Å². The minimum Gasteiger partial charge on any atom is -0.465 e. The van der Waals surface area contributed by atoms with E-state index in [2.05, 4.69) is 4.98 Å². The number of methoxy groups -OCH3 is 1. The average Bonchev–Trinajstić information content (AvgIpc) is 3.09. The maximum Gasteiger partial charge on any atom is 0.434 e. The Kier molecular flexibility index (Phi) is 5.64. The summed E-state index contributed by atoms with van der Waals surface area (Å²) in [6.45, 7) is 3.51. The molecule has 0 bridgehead atoms. The topological polar surface area (TPSA) is 59.5 Å². The molecule has 1 aliphatic carbocycles. The molecule has 1 heterocycles. The molecule has 1 aliphatic rings. The quantitative estimate of drug-likeness (QED) is 0.705. The van der Waals surface area contributed by atoms with Gasteiger partial charge in [-0.05, 0) is 62.1 Å². The van der Waals surface area contributed by atoms with Crippen LogP contribution in [-0.4, -0.2) is 34.9 Å². The predicted molar refractivity (Wildman–Crippen MR) is 99.4 cm³/mol. The number of hydrogen-bond acceptors (Lipinski definition) is 4. The van der Waals surface area contributed by atoms with Crippen LogP contribution in [0.2, 0.25) is 0 Å². The van der Waals surface area contributed by atoms with E-state index in [1.165, 1.54) is 18.1 Å². The molecule has 1 atom stereocenters. The number of carbonyl (C=O) groups excluding carboxylic acids is 2. The summed E-state index contributed by atoms with van der Waals surface area (Å²) in [4.78, 5) is 30.0. The Labute approximate surface area is 166 Å². The minimum atomic E-state index is -4.74. The molecule has 0 N–H and O–H groups in total. The average molecular weight is 406 g/mol. The molecule has 154 valence electrons. The van der Waals surface area contributed by atoms with Gasteiger partial charge in [-0.25, -0.2) is 4.79 Å². The lowest BCUT2D eigenvalue weighted by atomic mass is 10.0. The van der Waals surface area contributed by atoms with E-state index < -0.39 is 35.4 Å². The number of esters is 1. The zero-order valence-corrected chi connectivity index (χ0v) is 16.3. The molecule has 1 unspecified atom stereocenters. The summed E-state index contributed by atoms with van der Waals surface area (Å²) in [5, 5.41) is 0. The lowest BCUT2D eigenvalue weighted by Crippen LogP contribution is -2.40. The van der Waals surface area contributed by atoms with Gasteiger partial charge in [-0.1, -0.05) is 6.07 Å². The number of nitrogens with zero attached hydrogens (tertiary/aromatic N) is 2. The second-order valence-corrected chi connectivity index (χ2v) is 7.16. The molecular formula is C21H21F3N2O3. The van der Waals surface area contributed by atoms with Crippen molar-refractivity contribution >= 4 is 11.9 Å². The van der Waals surface area contributed by atoms with E-state index in [9.17, 15) is 22.8 Å². The number of carbonyl (C=O) groups is 2. The van der Waals surface area contributed by atoms with Crippen LogP contribution in [0.1, 0.15) is 63.8 Å². The highest BCUT2D eigenvalue weighted by Gasteiger charge is 2.40. The molecule has 29 heavy (non-hydrogen) atoms. The number of pyridine rings is 1. The number of halogens is 3. The van der Waals surface area contributed by atoms with Gasteiger partial charge in [0.1, 0.15) is 0 Å². The second kappa shape index (κ2) is 7.85. The molecule has 8 heteroatoms. The van der Waals surface area contributed by atoms with E-state index in [4.69, 9.17) is 4.74 Å². The molecular weight excluding hydrogens is 385 g/mol.